The minimum absolute atomic E-state index is 0.294. The number of carbonyl (C=O) groups excluding carboxylic acids is 1. The van der Waals surface area contributed by atoms with Crippen LogP contribution in [0.3, 0.4) is 0 Å². The molecule has 6 heteroatoms. The van der Waals surface area contributed by atoms with E-state index in [0.29, 0.717) is 33.5 Å². The van der Waals surface area contributed by atoms with Crippen molar-refractivity contribution in [2.75, 3.05) is 19.0 Å². The second-order valence-electron chi connectivity index (χ2n) is 6.31. The highest BCUT2D eigenvalue weighted by atomic mass is 19.1. The van der Waals surface area contributed by atoms with Crippen LogP contribution in [0.4, 0.5) is 10.1 Å². The molecule has 2 aromatic carbocycles. The molecule has 0 saturated carbocycles. The molecular weight excluding hydrogens is 359 g/mol. The van der Waals surface area contributed by atoms with Gasteiger partial charge in [0.05, 0.1) is 10.9 Å². The van der Waals surface area contributed by atoms with Crippen molar-refractivity contribution in [3.05, 3.63) is 71.6 Å². The topological polar surface area (TPSA) is 89.3 Å². The number of carbonyl (C=O) groups is 1. The first-order chi connectivity index (χ1) is 13.6. The SMILES string of the molecule is N=c1ccc2c(-c3ccccc3C(=O)OCCF)c3ccc(N)cc3oc-2c1. The molecule has 0 aromatic heterocycles. The molecule has 1 heterocycles. The van der Waals surface area contributed by atoms with Gasteiger partial charge in [-0.15, -0.1) is 0 Å². The zero-order valence-corrected chi connectivity index (χ0v) is 14.9. The summed E-state index contributed by atoms with van der Waals surface area (Å²) in [6.45, 7) is -1.03. The number of alkyl halides is 1. The summed E-state index contributed by atoms with van der Waals surface area (Å²) < 4.78 is 23.4. The Labute approximate surface area is 160 Å². The quantitative estimate of drug-likeness (QED) is 0.314. The number of nitrogens with two attached hydrogens (primary N) is 1. The molecule has 0 bridgehead atoms. The Morgan fingerprint density at radius 2 is 1.89 bits per heavy atom. The molecule has 28 heavy (non-hydrogen) atoms. The summed E-state index contributed by atoms with van der Waals surface area (Å²) in [5.41, 5.74) is 9.48. The largest absolute Gasteiger partial charge is 0.459 e. The van der Waals surface area contributed by atoms with Crippen LogP contribution in [0, 0.1) is 5.41 Å². The molecule has 140 valence electrons. The number of ether oxygens (including phenoxy) is 1. The van der Waals surface area contributed by atoms with Gasteiger partial charge in [0.25, 0.3) is 0 Å². The van der Waals surface area contributed by atoms with Gasteiger partial charge in [-0.05, 0) is 35.9 Å². The number of fused-ring (bicyclic) bond motifs is 2. The van der Waals surface area contributed by atoms with E-state index in [4.69, 9.17) is 20.3 Å². The Kier molecular flexibility index (Phi) is 4.53. The second kappa shape index (κ2) is 7.15. The van der Waals surface area contributed by atoms with Gasteiger partial charge in [-0.25, -0.2) is 9.18 Å². The molecule has 0 unspecified atom stereocenters. The smallest absolute Gasteiger partial charge is 0.338 e. The van der Waals surface area contributed by atoms with Gasteiger partial charge in [-0.2, -0.15) is 0 Å². The third kappa shape index (κ3) is 3.09. The minimum Gasteiger partial charge on any atom is -0.459 e. The molecule has 0 amide bonds. The van der Waals surface area contributed by atoms with Crippen molar-refractivity contribution in [3.63, 3.8) is 0 Å². The monoisotopic (exact) mass is 376 g/mol. The number of nitrogen functional groups attached to an aromatic ring is 1. The fourth-order valence-corrected chi connectivity index (χ4v) is 3.29. The number of nitrogens with one attached hydrogen (secondary N) is 1. The van der Waals surface area contributed by atoms with E-state index < -0.39 is 12.6 Å². The average Bonchev–Trinajstić information content (AvgIpc) is 2.70. The molecule has 2 aliphatic rings. The average molecular weight is 376 g/mol. The van der Waals surface area contributed by atoms with E-state index in [1.165, 1.54) is 0 Å². The molecule has 5 nitrogen and oxygen atoms in total. The van der Waals surface area contributed by atoms with Crippen LogP contribution >= 0.6 is 0 Å². The summed E-state index contributed by atoms with van der Waals surface area (Å²) in [5, 5.41) is 8.97. The van der Waals surface area contributed by atoms with Crippen molar-refractivity contribution < 1.29 is 18.3 Å². The van der Waals surface area contributed by atoms with Crippen LogP contribution in [-0.2, 0) is 4.74 Å². The zero-order valence-electron chi connectivity index (χ0n) is 14.9. The van der Waals surface area contributed by atoms with Crippen molar-refractivity contribution in [3.8, 4) is 22.5 Å². The number of hydrogen-bond donors (Lipinski definition) is 2. The van der Waals surface area contributed by atoms with Crippen LogP contribution in [-0.4, -0.2) is 19.3 Å². The fourth-order valence-electron chi connectivity index (χ4n) is 3.29. The van der Waals surface area contributed by atoms with Gasteiger partial charge >= 0.3 is 5.97 Å². The maximum Gasteiger partial charge on any atom is 0.338 e. The van der Waals surface area contributed by atoms with Crippen molar-refractivity contribution in [2.24, 2.45) is 0 Å². The predicted octanol–water partition coefficient (Wildman–Crippen LogP) is 4.39. The zero-order chi connectivity index (χ0) is 19.7. The second-order valence-corrected chi connectivity index (χ2v) is 6.31. The number of halogens is 1. The Balaban J connectivity index is 2.06. The summed E-state index contributed by atoms with van der Waals surface area (Å²) in [6.07, 6.45) is 0. The Bertz CT molecular complexity index is 1220. The molecule has 1 aliphatic heterocycles. The number of benzene rings is 3. The molecule has 0 fully saturated rings. The maximum atomic E-state index is 12.5. The number of esters is 1. The first kappa shape index (κ1) is 17.7. The van der Waals surface area contributed by atoms with Gasteiger partial charge < -0.3 is 20.3 Å². The van der Waals surface area contributed by atoms with E-state index >= 15 is 0 Å². The van der Waals surface area contributed by atoms with Crippen LogP contribution in [0.25, 0.3) is 33.4 Å². The predicted molar refractivity (Wildman–Crippen MR) is 105 cm³/mol. The number of rotatable bonds is 4. The Morgan fingerprint density at radius 3 is 2.71 bits per heavy atom. The van der Waals surface area contributed by atoms with E-state index in [1.54, 1.807) is 42.5 Å². The van der Waals surface area contributed by atoms with Crippen LogP contribution in [0.2, 0.25) is 0 Å². The highest BCUT2D eigenvalue weighted by Crippen LogP contribution is 2.41. The molecular formula is C22H17FN2O3. The van der Waals surface area contributed by atoms with E-state index in [1.807, 2.05) is 18.2 Å². The van der Waals surface area contributed by atoms with Gasteiger partial charge in [-0.3, -0.25) is 0 Å². The van der Waals surface area contributed by atoms with Crippen LogP contribution < -0.4 is 11.1 Å². The molecule has 1 aliphatic carbocycles. The summed E-state index contributed by atoms with van der Waals surface area (Å²) in [7, 11) is 0. The first-order valence-corrected chi connectivity index (χ1v) is 8.71. The highest BCUT2D eigenvalue weighted by molar-refractivity contribution is 6.08. The summed E-state index contributed by atoms with van der Waals surface area (Å²) in [6, 6.07) is 17.4. The normalized spacial score (nSPS) is 11.0. The Hall–Kier alpha value is -3.67. The van der Waals surface area contributed by atoms with Crippen LogP contribution in [0.15, 0.2) is 65.1 Å². The van der Waals surface area contributed by atoms with Crippen LogP contribution in [0.1, 0.15) is 10.4 Å². The lowest BCUT2D eigenvalue weighted by Gasteiger charge is -2.17. The van der Waals surface area contributed by atoms with E-state index in [0.717, 1.165) is 16.5 Å². The summed E-state index contributed by atoms with van der Waals surface area (Å²) in [5.74, 6) is -0.0876. The van der Waals surface area contributed by atoms with Crippen molar-refractivity contribution in [2.45, 2.75) is 0 Å². The fraction of sp³-hybridized carbons (Fsp3) is 0.0909. The van der Waals surface area contributed by atoms with Gasteiger partial charge in [0.2, 0.25) is 0 Å². The summed E-state index contributed by atoms with van der Waals surface area (Å²) >= 11 is 0. The lowest BCUT2D eigenvalue weighted by Crippen LogP contribution is -2.09. The first-order valence-electron chi connectivity index (χ1n) is 8.71. The Morgan fingerprint density at radius 1 is 1.07 bits per heavy atom. The van der Waals surface area contributed by atoms with E-state index in [2.05, 4.69) is 0 Å². The summed E-state index contributed by atoms with van der Waals surface area (Å²) in [4.78, 5) is 12.5. The van der Waals surface area contributed by atoms with Crippen LogP contribution in [0.5, 0.6) is 0 Å². The molecule has 0 spiro atoms. The van der Waals surface area contributed by atoms with Gasteiger partial charge in [-0.1, -0.05) is 18.2 Å². The third-order valence-electron chi connectivity index (χ3n) is 4.47. The van der Waals surface area contributed by atoms with E-state index in [9.17, 15) is 9.18 Å². The van der Waals surface area contributed by atoms with Crippen molar-refractivity contribution in [1.29, 1.82) is 5.41 Å². The molecule has 4 rings (SSSR count). The molecule has 3 N–H and O–H groups in total. The standard InChI is InChI=1S/C22H17FN2O3/c23-9-10-27-22(26)16-4-2-1-3-15(16)21-17-7-5-13(24)11-19(17)28-20-12-14(25)6-8-18(20)21/h1-8,11-12,24H,9-10,25H2. The molecule has 0 saturated heterocycles. The van der Waals surface area contributed by atoms with Crippen molar-refractivity contribution >= 4 is 22.6 Å². The lowest BCUT2D eigenvalue weighted by atomic mass is 9.90. The van der Waals surface area contributed by atoms with Crippen molar-refractivity contribution in [1.82, 2.24) is 0 Å². The number of anilines is 1. The van der Waals surface area contributed by atoms with E-state index in [-0.39, 0.29) is 6.61 Å². The lowest BCUT2D eigenvalue weighted by molar-refractivity contribution is 0.0482. The van der Waals surface area contributed by atoms with Gasteiger partial charge in [0.1, 0.15) is 24.6 Å². The maximum absolute atomic E-state index is 12.5. The highest BCUT2D eigenvalue weighted by Gasteiger charge is 2.21. The van der Waals surface area contributed by atoms with Gasteiger partial charge in [0.15, 0.2) is 0 Å². The molecule has 0 radical (unpaired) electrons. The molecule has 2 aromatic rings. The molecule has 0 atom stereocenters. The third-order valence-corrected chi connectivity index (χ3v) is 4.47. The van der Waals surface area contributed by atoms with Gasteiger partial charge in [0, 0.05) is 34.3 Å². The number of hydrogen-bond acceptors (Lipinski definition) is 5. The minimum atomic E-state index is -0.741.